The minimum Gasteiger partial charge on any atom is -0.496 e. The Hall–Kier alpha value is -2.96. The summed E-state index contributed by atoms with van der Waals surface area (Å²) in [4.78, 5) is 21.8. The second kappa shape index (κ2) is 9.12. The Bertz CT molecular complexity index is 1190. The summed E-state index contributed by atoms with van der Waals surface area (Å²) in [6.45, 7) is 3.02. The maximum absolute atomic E-state index is 12.9. The van der Waals surface area contributed by atoms with Gasteiger partial charge in [0.15, 0.2) is 0 Å². The second-order valence-corrected chi connectivity index (χ2v) is 9.19. The molecule has 2 heterocycles. The molecule has 0 spiro atoms. The lowest BCUT2D eigenvalue weighted by molar-refractivity contribution is -0.0350. The molecule has 2 aliphatic rings. The monoisotopic (exact) mass is 445 g/mol. The smallest absolute Gasteiger partial charge is 0.254 e. The highest BCUT2D eigenvalue weighted by Gasteiger charge is 2.26. The highest BCUT2D eigenvalue weighted by atomic mass is 16.5. The molecule has 5 rings (SSSR count). The Kier molecular flexibility index (Phi) is 6.04. The van der Waals surface area contributed by atoms with Crippen LogP contribution in [0.1, 0.15) is 45.3 Å². The molecule has 2 aromatic carbocycles. The molecule has 1 aliphatic heterocycles. The van der Waals surface area contributed by atoms with Crippen molar-refractivity contribution in [1.29, 1.82) is 0 Å². The molecule has 1 fully saturated rings. The summed E-state index contributed by atoms with van der Waals surface area (Å²) in [6.07, 6.45) is 3.34. The molecule has 0 bridgehead atoms. The van der Waals surface area contributed by atoms with Gasteiger partial charge in [0.1, 0.15) is 11.9 Å². The van der Waals surface area contributed by atoms with Crippen LogP contribution in [0, 0.1) is 0 Å². The molecule has 0 N–H and O–H groups in total. The van der Waals surface area contributed by atoms with Crippen LogP contribution < -0.4 is 4.74 Å². The van der Waals surface area contributed by atoms with Gasteiger partial charge in [0.25, 0.3) is 5.91 Å². The number of hydrogen-bond acceptors (Lipinski definition) is 5. The number of methoxy groups -OCH3 is 1. The number of nitrogens with zero attached hydrogens (tertiary/aromatic N) is 3. The van der Waals surface area contributed by atoms with Crippen LogP contribution in [-0.2, 0) is 24.1 Å². The van der Waals surface area contributed by atoms with Gasteiger partial charge in [-0.05, 0) is 48.6 Å². The summed E-state index contributed by atoms with van der Waals surface area (Å²) in [5.41, 5.74) is 6.41. The van der Waals surface area contributed by atoms with Gasteiger partial charge in [-0.15, -0.1) is 0 Å². The minimum atomic E-state index is -0.183. The van der Waals surface area contributed by atoms with Gasteiger partial charge in [0, 0.05) is 44.7 Å². The number of pyridine rings is 1. The number of benzene rings is 2. The van der Waals surface area contributed by atoms with Gasteiger partial charge in [0.05, 0.1) is 30.5 Å². The third-order valence-electron chi connectivity index (χ3n) is 6.74. The van der Waals surface area contributed by atoms with E-state index >= 15 is 0 Å². The fraction of sp³-hybridized carbons (Fsp3) is 0.407. The number of para-hydroxylation sites is 1. The van der Waals surface area contributed by atoms with Gasteiger partial charge in [-0.1, -0.05) is 24.3 Å². The van der Waals surface area contributed by atoms with Crippen molar-refractivity contribution in [2.45, 2.75) is 31.9 Å². The molecular formula is C27H31N3O3. The number of fused-ring (bicyclic) bond motifs is 2. The quantitative estimate of drug-likeness (QED) is 0.594. The lowest BCUT2D eigenvalue weighted by Gasteiger charge is -2.33. The molecule has 0 radical (unpaired) electrons. The van der Waals surface area contributed by atoms with E-state index in [9.17, 15) is 4.79 Å². The van der Waals surface area contributed by atoms with E-state index in [0.29, 0.717) is 12.2 Å². The van der Waals surface area contributed by atoms with E-state index in [1.54, 1.807) is 26.1 Å². The molecule has 1 atom stereocenters. The maximum atomic E-state index is 12.9. The molecule has 1 amide bonds. The first kappa shape index (κ1) is 21.9. The first-order valence-corrected chi connectivity index (χ1v) is 11.7. The van der Waals surface area contributed by atoms with E-state index in [4.69, 9.17) is 14.5 Å². The maximum Gasteiger partial charge on any atom is 0.254 e. The van der Waals surface area contributed by atoms with Crippen molar-refractivity contribution in [1.82, 2.24) is 14.8 Å². The molecule has 172 valence electrons. The molecule has 0 unspecified atom stereocenters. The zero-order chi connectivity index (χ0) is 22.9. The number of rotatable bonds is 5. The molecular weight excluding hydrogens is 414 g/mol. The van der Waals surface area contributed by atoms with E-state index in [1.807, 2.05) is 30.3 Å². The summed E-state index contributed by atoms with van der Waals surface area (Å²) in [6, 6.07) is 14.3. The highest BCUT2D eigenvalue weighted by Crippen LogP contribution is 2.32. The third-order valence-corrected chi connectivity index (χ3v) is 6.74. The number of hydrogen-bond donors (Lipinski definition) is 0. The van der Waals surface area contributed by atoms with Gasteiger partial charge < -0.3 is 14.4 Å². The fourth-order valence-corrected chi connectivity index (χ4v) is 5.01. The van der Waals surface area contributed by atoms with Crippen molar-refractivity contribution in [3.8, 4) is 5.75 Å². The van der Waals surface area contributed by atoms with E-state index in [2.05, 4.69) is 17.0 Å². The SMILES string of the molecule is COc1cc2c(cc1CN1CCO[C@H](c3cc(C(=O)N(C)C)c4ccccc4n3)C1)CCC2. The van der Waals surface area contributed by atoms with E-state index in [-0.39, 0.29) is 12.0 Å². The normalized spacial score (nSPS) is 18.3. The Labute approximate surface area is 195 Å². The van der Waals surface area contributed by atoms with Crippen molar-refractivity contribution in [3.63, 3.8) is 0 Å². The molecule has 3 aromatic rings. The Balaban J connectivity index is 1.42. The van der Waals surface area contributed by atoms with Crippen LogP contribution in [0.15, 0.2) is 42.5 Å². The van der Waals surface area contributed by atoms with E-state index in [0.717, 1.165) is 54.8 Å². The summed E-state index contributed by atoms with van der Waals surface area (Å²) >= 11 is 0. The predicted molar refractivity (Wildman–Crippen MR) is 129 cm³/mol. The van der Waals surface area contributed by atoms with Crippen LogP contribution in [-0.4, -0.2) is 61.6 Å². The van der Waals surface area contributed by atoms with Crippen LogP contribution in [0.25, 0.3) is 10.9 Å². The Morgan fingerprint density at radius 3 is 2.76 bits per heavy atom. The first-order chi connectivity index (χ1) is 16.0. The van der Waals surface area contributed by atoms with Crippen molar-refractivity contribution >= 4 is 16.8 Å². The number of ether oxygens (including phenoxy) is 2. The number of carbonyl (C=O) groups is 1. The van der Waals surface area contributed by atoms with Crippen LogP contribution in [0.5, 0.6) is 5.75 Å². The average Bonchev–Trinajstić information content (AvgIpc) is 3.29. The molecule has 6 heteroatoms. The number of aromatic nitrogens is 1. The topological polar surface area (TPSA) is 54.9 Å². The molecule has 1 aromatic heterocycles. The standard InChI is InChI=1S/C27H31N3O3/c1-29(2)27(31)22-15-24(28-23-10-5-4-9-21(22)23)26-17-30(11-12-33-26)16-20-13-18-7-6-8-19(18)14-25(20)32-3/h4-5,9-10,13-15,26H,6-8,11-12,16-17H2,1-3H3/t26-/m0/s1. The van der Waals surface area contributed by atoms with Crippen molar-refractivity contribution in [2.75, 3.05) is 40.9 Å². The van der Waals surface area contributed by atoms with E-state index in [1.165, 1.54) is 23.1 Å². The largest absolute Gasteiger partial charge is 0.496 e. The Morgan fingerprint density at radius 1 is 1.18 bits per heavy atom. The number of carbonyl (C=O) groups excluding carboxylic acids is 1. The third kappa shape index (κ3) is 4.33. The summed E-state index contributed by atoms with van der Waals surface area (Å²) in [7, 11) is 5.31. The lowest BCUT2D eigenvalue weighted by atomic mass is 10.0. The van der Waals surface area contributed by atoms with Crippen molar-refractivity contribution in [2.24, 2.45) is 0 Å². The van der Waals surface area contributed by atoms with Crippen LogP contribution in [0.2, 0.25) is 0 Å². The molecule has 33 heavy (non-hydrogen) atoms. The minimum absolute atomic E-state index is 0.0228. The number of amides is 1. The van der Waals surface area contributed by atoms with Gasteiger partial charge in [-0.3, -0.25) is 9.69 Å². The van der Waals surface area contributed by atoms with Crippen LogP contribution >= 0.6 is 0 Å². The van der Waals surface area contributed by atoms with Crippen molar-refractivity contribution < 1.29 is 14.3 Å². The zero-order valence-corrected chi connectivity index (χ0v) is 19.6. The second-order valence-electron chi connectivity index (χ2n) is 9.19. The van der Waals surface area contributed by atoms with Crippen molar-refractivity contribution in [3.05, 3.63) is 70.4 Å². The van der Waals surface area contributed by atoms with Gasteiger partial charge in [0.2, 0.25) is 0 Å². The first-order valence-electron chi connectivity index (χ1n) is 11.7. The summed E-state index contributed by atoms with van der Waals surface area (Å²) in [5, 5.41) is 0.871. The highest BCUT2D eigenvalue weighted by molar-refractivity contribution is 6.06. The van der Waals surface area contributed by atoms with Crippen LogP contribution in [0.3, 0.4) is 0 Å². The molecule has 1 saturated heterocycles. The number of aryl methyl sites for hydroxylation is 2. The molecule has 0 saturated carbocycles. The van der Waals surface area contributed by atoms with Gasteiger partial charge in [-0.25, -0.2) is 4.98 Å². The average molecular weight is 446 g/mol. The molecule has 6 nitrogen and oxygen atoms in total. The zero-order valence-electron chi connectivity index (χ0n) is 19.6. The fourth-order valence-electron chi connectivity index (χ4n) is 5.01. The predicted octanol–water partition coefficient (Wildman–Crippen LogP) is 4.01. The summed E-state index contributed by atoms with van der Waals surface area (Å²) in [5.74, 6) is 0.951. The van der Waals surface area contributed by atoms with Gasteiger partial charge >= 0.3 is 0 Å². The van der Waals surface area contributed by atoms with E-state index < -0.39 is 0 Å². The van der Waals surface area contributed by atoms with Crippen LogP contribution in [0.4, 0.5) is 0 Å². The molecule has 1 aliphatic carbocycles. The Morgan fingerprint density at radius 2 is 1.97 bits per heavy atom. The lowest BCUT2D eigenvalue weighted by Crippen LogP contribution is -2.38. The summed E-state index contributed by atoms with van der Waals surface area (Å²) < 4.78 is 11.9. The van der Waals surface area contributed by atoms with Gasteiger partial charge in [-0.2, -0.15) is 0 Å². The number of morpholine rings is 1.